The molecule has 0 radical (unpaired) electrons. The zero-order valence-electron chi connectivity index (χ0n) is 14.5. The second-order valence-corrected chi connectivity index (χ2v) is 8.83. The Morgan fingerprint density at radius 2 is 1.96 bits per heavy atom. The largest absolute Gasteiger partial charge is 0.372 e. The van der Waals surface area contributed by atoms with Crippen LogP contribution in [0.5, 0.6) is 0 Å². The van der Waals surface area contributed by atoms with Gasteiger partial charge in [-0.15, -0.1) is 0 Å². The van der Waals surface area contributed by atoms with Crippen molar-refractivity contribution in [2.24, 2.45) is 0 Å². The van der Waals surface area contributed by atoms with Crippen LogP contribution in [0.1, 0.15) is 18.9 Å². The number of fused-ring (bicyclic) bond motifs is 1. The molecule has 3 rings (SSSR count). The highest BCUT2D eigenvalue weighted by Gasteiger charge is 2.47. The number of hydrogen-bond acceptors (Lipinski definition) is 6. The van der Waals surface area contributed by atoms with Crippen LogP contribution >= 0.6 is 0 Å². The maximum Gasteiger partial charge on any atom is 0.248 e. The van der Waals surface area contributed by atoms with E-state index in [9.17, 15) is 13.2 Å². The van der Waals surface area contributed by atoms with E-state index in [1.54, 1.807) is 17.3 Å². The van der Waals surface area contributed by atoms with Crippen LogP contribution in [0.2, 0.25) is 0 Å². The van der Waals surface area contributed by atoms with E-state index in [4.69, 9.17) is 4.74 Å². The highest BCUT2D eigenvalue weighted by atomic mass is 32.2. The van der Waals surface area contributed by atoms with Crippen LogP contribution < -0.4 is 0 Å². The number of hydrogen-bond donors (Lipinski definition) is 0. The number of pyridine rings is 1. The molecule has 2 aliphatic heterocycles. The van der Waals surface area contributed by atoms with Gasteiger partial charge in [0.1, 0.15) is 6.61 Å². The van der Waals surface area contributed by atoms with Crippen molar-refractivity contribution < 1.29 is 17.9 Å². The first-order chi connectivity index (χ1) is 12.0. The number of piperazine rings is 1. The summed E-state index contributed by atoms with van der Waals surface area (Å²) in [5.74, 6) is 0.0518. The Hall–Kier alpha value is -1.51. The first kappa shape index (κ1) is 18.3. The molecular formula is C17H25N3O4S. The molecule has 138 valence electrons. The van der Waals surface area contributed by atoms with Crippen molar-refractivity contribution in [1.29, 1.82) is 0 Å². The molecular weight excluding hydrogens is 342 g/mol. The van der Waals surface area contributed by atoms with Crippen LogP contribution in [-0.2, 0) is 25.9 Å². The van der Waals surface area contributed by atoms with E-state index in [0.717, 1.165) is 12.0 Å². The summed E-state index contributed by atoms with van der Waals surface area (Å²) in [5.41, 5.74) is 1.10. The summed E-state index contributed by atoms with van der Waals surface area (Å²) in [6.45, 7) is 4.44. The summed E-state index contributed by atoms with van der Waals surface area (Å²) >= 11 is 0. The number of nitrogens with zero attached hydrogens (tertiary/aromatic N) is 3. The smallest absolute Gasteiger partial charge is 0.248 e. The lowest BCUT2D eigenvalue weighted by atomic mass is 10.0. The topological polar surface area (TPSA) is 79.8 Å². The molecule has 1 aromatic heterocycles. The van der Waals surface area contributed by atoms with E-state index in [-0.39, 0.29) is 36.1 Å². The molecule has 0 bridgehead atoms. The van der Waals surface area contributed by atoms with Gasteiger partial charge in [0.2, 0.25) is 5.91 Å². The molecule has 0 aliphatic carbocycles. The normalized spacial score (nSPS) is 25.7. The number of amides is 1. The quantitative estimate of drug-likeness (QED) is 0.674. The second-order valence-electron chi connectivity index (χ2n) is 6.68. The van der Waals surface area contributed by atoms with Crippen molar-refractivity contribution in [2.45, 2.75) is 32.0 Å². The van der Waals surface area contributed by atoms with Gasteiger partial charge in [0.05, 0.1) is 17.5 Å². The van der Waals surface area contributed by atoms with Crippen molar-refractivity contribution in [3.8, 4) is 0 Å². The van der Waals surface area contributed by atoms with Gasteiger partial charge in [-0.1, -0.05) is 6.92 Å². The molecule has 1 aromatic rings. The lowest BCUT2D eigenvalue weighted by Crippen LogP contribution is -2.60. The molecule has 2 aliphatic rings. The van der Waals surface area contributed by atoms with E-state index in [0.29, 0.717) is 26.2 Å². The summed E-state index contributed by atoms with van der Waals surface area (Å²) < 4.78 is 29.8. The van der Waals surface area contributed by atoms with Crippen LogP contribution in [0.4, 0.5) is 0 Å². The zero-order valence-corrected chi connectivity index (χ0v) is 15.3. The van der Waals surface area contributed by atoms with Gasteiger partial charge in [-0.3, -0.25) is 14.7 Å². The molecule has 0 aromatic carbocycles. The number of carbonyl (C=O) groups is 1. The Bertz CT molecular complexity index is 695. The fourth-order valence-electron chi connectivity index (χ4n) is 3.64. The third kappa shape index (κ3) is 4.37. The minimum absolute atomic E-state index is 0.0292. The molecule has 0 spiro atoms. The standard InChI is InChI=1S/C17H25N3O4S/c1-2-9-24-11-17(21)20-8-7-19(10-14-3-5-18-6-4-14)15-12-25(22,23)13-16(15)20/h3-6,15-16H,2,7-13H2,1H3/t15-,16+/m1/s1. The summed E-state index contributed by atoms with van der Waals surface area (Å²) in [4.78, 5) is 20.4. The first-order valence-electron chi connectivity index (χ1n) is 8.71. The fraction of sp³-hybridized carbons (Fsp3) is 0.647. The number of aromatic nitrogens is 1. The van der Waals surface area contributed by atoms with Crippen LogP contribution in [0, 0.1) is 0 Å². The van der Waals surface area contributed by atoms with E-state index < -0.39 is 9.84 Å². The maximum atomic E-state index is 12.5. The predicted octanol–water partition coefficient (Wildman–Crippen LogP) is 0.318. The Morgan fingerprint density at radius 3 is 2.68 bits per heavy atom. The monoisotopic (exact) mass is 367 g/mol. The van der Waals surface area contributed by atoms with Gasteiger partial charge in [-0.05, 0) is 24.1 Å². The molecule has 0 unspecified atom stereocenters. The van der Waals surface area contributed by atoms with Crippen molar-refractivity contribution in [3.05, 3.63) is 30.1 Å². The van der Waals surface area contributed by atoms with Crippen molar-refractivity contribution in [2.75, 3.05) is 37.8 Å². The van der Waals surface area contributed by atoms with Crippen molar-refractivity contribution in [3.63, 3.8) is 0 Å². The molecule has 2 saturated heterocycles. The zero-order chi connectivity index (χ0) is 17.9. The molecule has 2 fully saturated rings. The third-order valence-electron chi connectivity index (χ3n) is 4.82. The van der Waals surface area contributed by atoms with Gasteiger partial charge in [0.15, 0.2) is 9.84 Å². The summed E-state index contributed by atoms with van der Waals surface area (Å²) in [5, 5.41) is 0. The highest BCUT2D eigenvalue weighted by Crippen LogP contribution is 2.28. The molecule has 0 saturated carbocycles. The first-order valence-corrected chi connectivity index (χ1v) is 10.5. The average Bonchev–Trinajstić information content (AvgIpc) is 2.91. The lowest BCUT2D eigenvalue weighted by molar-refractivity contribution is -0.142. The van der Waals surface area contributed by atoms with Gasteiger partial charge < -0.3 is 9.64 Å². The highest BCUT2D eigenvalue weighted by molar-refractivity contribution is 7.91. The van der Waals surface area contributed by atoms with Crippen LogP contribution in [0.15, 0.2) is 24.5 Å². The van der Waals surface area contributed by atoms with E-state index in [2.05, 4.69) is 9.88 Å². The Kier molecular flexibility index (Phi) is 5.71. The molecule has 3 heterocycles. The molecule has 2 atom stereocenters. The van der Waals surface area contributed by atoms with Gasteiger partial charge in [-0.25, -0.2) is 8.42 Å². The third-order valence-corrected chi connectivity index (χ3v) is 6.52. The van der Waals surface area contributed by atoms with Gasteiger partial charge in [-0.2, -0.15) is 0 Å². The predicted molar refractivity (Wildman–Crippen MR) is 93.7 cm³/mol. The molecule has 25 heavy (non-hydrogen) atoms. The van der Waals surface area contributed by atoms with Crippen molar-refractivity contribution in [1.82, 2.24) is 14.8 Å². The maximum absolute atomic E-state index is 12.5. The lowest BCUT2D eigenvalue weighted by Gasteiger charge is -2.44. The number of ether oxygens (including phenoxy) is 1. The van der Waals surface area contributed by atoms with Crippen LogP contribution in [0.3, 0.4) is 0 Å². The fourth-order valence-corrected chi connectivity index (χ4v) is 5.65. The van der Waals surface area contributed by atoms with Gasteiger partial charge in [0, 0.05) is 44.7 Å². The minimum Gasteiger partial charge on any atom is -0.372 e. The van der Waals surface area contributed by atoms with E-state index in [1.807, 2.05) is 19.1 Å². The number of carbonyl (C=O) groups excluding carboxylic acids is 1. The van der Waals surface area contributed by atoms with E-state index in [1.165, 1.54) is 0 Å². The minimum atomic E-state index is -3.13. The Balaban J connectivity index is 1.72. The van der Waals surface area contributed by atoms with E-state index >= 15 is 0 Å². The number of sulfone groups is 1. The summed E-state index contributed by atoms with van der Waals surface area (Å²) in [6, 6.07) is 3.45. The van der Waals surface area contributed by atoms with Crippen molar-refractivity contribution >= 4 is 15.7 Å². The average molecular weight is 367 g/mol. The molecule has 1 amide bonds. The number of rotatable bonds is 6. The van der Waals surface area contributed by atoms with Crippen LogP contribution in [0.25, 0.3) is 0 Å². The Morgan fingerprint density at radius 1 is 1.24 bits per heavy atom. The summed E-state index contributed by atoms with van der Waals surface area (Å²) in [7, 11) is -3.13. The Labute approximate surface area is 148 Å². The second kappa shape index (κ2) is 7.80. The SMILES string of the molecule is CCCOCC(=O)N1CCN(Cc2ccncc2)[C@@H]2CS(=O)(=O)C[C@@H]21. The van der Waals surface area contributed by atoms with Gasteiger partial charge in [0.25, 0.3) is 0 Å². The molecule has 0 N–H and O–H groups in total. The van der Waals surface area contributed by atoms with Crippen LogP contribution in [-0.4, -0.2) is 79.0 Å². The van der Waals surface area contributed by atoms with Gasteiger partial charge >= 0.3 is 0 Å². The molecule has 7 nitrogen and oxygen atoms in total. The summed E-state index contributed by atoms with van der Waals surface area (Å²) in [6.07, 6.45) is 4.33. The molecule has 8 heteroatoms.